The van der Waals surface area contributed by atoms with Gasteiger partial charge in [-0.25, -0.2) is 9.37 Å². The third-order valence-corrected chi connectivity index (χ3v) is 6.16. The number of hydrogen-bond acceptors (Lipinski definition) is 3. The van der Waals surface area contributed by atoms with Crippen molar-refractivity contribution in [2.75, 3.05) is 13.1 Å². The van der Waals surface area contributed by atoms with Crippen LogP contribution in [0.25, 0.3) is 22.3 Å². The molecule has 0 fully saturated rings. The predicted octanol–water partition coefficient (Wildman–Crippen LogP) is 5.18. The fourth-order valence-corrected chi connectivity index (χ4v) is 4.31. The van der Waals surface area contributed by atoms with Gasteiger partial charge in [0.2, 0.25) is 0 Å². The van der Waals surface area contributed by atoms with Crippen molar-refractivity contribution in [3.8, 4) is 11.1 Å². The number of halogens is 5. The van der Waals surface area contributed by atoms with Crippen LogP contribution < -0.4 is 0 Å². The number of fused-ring (bicyclic) bond motifs is 1. The second kappa shape index (κ2) is 7.84. The summed E-state index contributed by atoms with van der Waals surface area (Å²) in [6, 6.07) is 6.98. The van der Waals surface area contributed by atoms with Crippen LogP contribution in [-0.2, 0) is 6.18 Å². The number of alkyl halides is 3. The maximum absolute atomic E-state index is 13.8. The summed E-state index contributed by atoms with van der Waals surface area (Å²) in [6.45, 7) is 0.423. The molecule has 0 aliphatic carbocycles. The van der Waals surface area contributed by atoms with Crippen molar-refractivity contribution in [1.29, 1.82) is 0 Å². The molecule has 0 atom stereocenters. The smallest absolute Gasteiger partial charge is 0.329 e. The Morgan fingerprint density at radius 2 is 1.97 bits per heavy atom. The van der Waals surface area contributed by atoms with Crippen LogP contribution in [0.5, 0.6) is 0 Å². The molecule has 0 bridgehead atoms. The lowest BCUT2D eigenvalue weighted by molar-refractivity contribution is -0.136. The SMILES string of the molecule is O=C(c1nc2c(C(F)(F)F)cc(-c3cn[nH]c3)cn2c1Br)N1CC=C(c2cccc(F)c2)C1. The van der Waals surface area contributed by atoms with Gasteiger partial charge in [-0.2, -0.15) is 18.3 Å². The molecule has 4 aromatic rings. The van der Waals surface area contributed by atoms with Gasteiger partial charge in [0.05, 0.1) is 11.8 Å². The van der Waals surface area contributed by atoms with Crippen molar-refractivity contribution in [2.24, 2.45) is 0 Å². The fourth-order valence-electron chi connectivity index (χ4n) is 3.79. The number of rotatable bonds is 3. The molecular weight excluding hydrogens is 506 g/mol. The first-order valence-electron chi connectivity index (χ1n) is 9.74. The highest BCUT2D eigenvalue weighted by Gasteiger charge is 2.36. The molecule has 33 heavy (non-hydrogen) atoms. The van der Waals surface area contributed by atoms with E-state index >= 15 is 0 Å². The van der Waals surface area contributed by atoms with Gasteiger partial charge in [0.25, 0.3) is 5.91 Å². The third kappa shape index (κ3) is 3.82. The number of nitrogens with zero attached hydrogens (tertiary/aromatic N) is 4. The normalized spacial score (nSPS) is 14.2. The molecule has 0 unspecified atom stereocenters. The fraction of sp³-hybridized carbons (Fsp3) is 0.136. The van der Waals surface area contributed by atoms with E-state index in [0.717, 1.165) is 11.6 Å². The molecule has 6 nitrogen and oxygen atoms in total. The number of imidazole rings is 1. The molecule has 5 rings (SSSR count). The molecule has 0 spiro atoms. The minimum atomic E-state index is -4.69. The van der Waals surface area contributed by atoms with Crippen molar-refractivity contribution in [3.05, 3.63) is 82.2 Å². The molecule has 168 valence electrons. The number of carbonyl (C=O) groups is 1. The highest BCUT2D eigenvalue weighted by atomic mass is 79.9. The molecule has 1 aromatic carbocycles. The topological polar surface area (TPSA) is 66.3 Å². The summed E-state index contributed by atoms with van der Waals surface area (Å²) in [5, 5.41) is 6.36. The van der Waals surface area contributed by atoms with Gasteiger partial charge in [-0.3, -0.25) is 14.3 Å². The molecule has 0 saturated carbocycles. The molecule has 0 radical (unpaired) electrons. The molecule has 11 heteroatoms. The molecule has 4 heterocycles. The largest absolute Gasteiger partial charge is 0.420 e. The molecule has 1 N–H and O–H groups in total. The minimum absolute atomic E-state index is 0.109. The zero-order chi connectivity index (χ0) is 23.3. The lowest BCUT2D eigenvalue weighted by Crippen LogP contribution is -2.29. The van der Waals surface area contributed by atoms with Gasteiger partial charge < -0.3 is 4.90 Å². The van der Waals surface area contributed by atoms with Crippen LogP contribution in [0, 0.1) is 5.82 Å². The second-order valence-electron chi connectivity index (χ2n) is 7.50. The first kappa shape index (κ1) is 21.4. The van der Waals surface area contributed by atoms with Gasteiger partial charge in [-0.05, 0) is 45.3 Å². The minimum Gasteiger partial charge on any atom is -0.329 e. The number of carbonyl (C=O) groups excluding carboxylic acids is 1. The summed E-state index contributed by atoms with van der Waals surface area (Å²) in [6.07, 6.45) is 1.44. The van der Waals surface area contributed by atoms with E-state index in [0.29, 0.717) is 11.1 Å². The van der Waals surface area contributed by atoms with E-state index in [1.165, 1.54) is 40.0 Å². The molecule has 0 saturated heterocycles. The average molecular weight is 520 g/mol. The average Bonchev–Trinajstić information content (AvgIpc) is 3.53. The van der Waals surface area contributed by atoms with E-state index in [-0.39, 0.29) is 34.6 Å². The summed E-state index contributed by atoms with van der Waals surface area (Å²) in [4.78, 5) is 18.7. The van der Waals surface area contributed by atoms with E-state index in [1.54, 1.807) is 18.2 Å². The maximum atomic E-state index is 13.8. The number of nitrogens with one attached hydrogen (secondary N) is 1. The van der Waals surface area contributed by atoms with Crippen LogP contribution in [0.15, 0.2) is 59.6 Å². The Hall–Kier alpha value is -3.47. The van der Waals surface area contributed by atoms with Gasteiger partial charge in [-0.1, -0.05) is 18.2 Å². The first-order chi connectivity index (χ1) is 15.7. The Morgan fingerprint density at radius 3 is 2.67 bits per heavy atom. The van der Waals surface area contributed by atoms with Gasteiger partial charge >= 0.3 is 6.18 Å². The number of amides is 1. The van der Waals surface area contributed by atoms with E-state index in [2.05, 4.69) is 31.1 Å². The van der Waals surface area contributed by atoms with Crippen LogP contribution in [0.1, 0.15) is 21.6 Å². The highest BCUT2D eigenvalue weighted by Crippen LogP contribution is 2.37. The van der Waals surface area contributed by atoms with Crippen molar-refractivity contribution in [1.82, 2.24) is 24.5 Å². The Balaban J connectivity index is 1.53. The standard InChI is InChI=1S/C22H14BrF4N5O/c23-19-18(21(33)31-5-4-13(10-31)12-2-1-3-16(24)6-12)30-20-17(22(25,26)27)7-14(11-32(19)20)15-8-28-29-9-15/h1-4,6-9,11H,5,10H2,(H,28,29). The van der Waals surface area contributed by atoms with Crippen molar-refractivity contribution in [3.63, 3.8) is 0 Å². The Kier molecular flexibility index (Phi) is 5.08. The Morgan fingerprint density at radius 1 is 1.15 bits per heavy atom. The lowest BCUT2D eigenvalue weighted by atomic mass is 10.1. The molecule has 1 amide bonds. The number of pyridine rings is 1. The molecular formula is C22H14BrF4N5O. The van der Waals surface area contributed by atoms with Gasteiger partial charge in [0.1, 0.15) is 10.4 Å². The Bertz CT molecular complexity index is 1410. The van der Waals surface area contributed by atoms with Gasteiger partial charge in [-0.15, -0.1) is 0 Å². The maximum Gasteiger partial charge on any atom is 0.420 e. The van der Waals surface area contributed by atoms with Crippen molar-refractivity contribution < 1.29 is 22.4 Å². The summed E-state index contributed by atoms with van der Waals surface area (Å²) < 4.78 is 56.4. The zero-order valence-corrected chi connectivity index (χ0v) is 18.3. The zero-order valence-electron chi connectivity index (χ0n) is 16.7. The summed E-state index contributed by atoms with van der Waals surface area (Å²) in [5.41, 5.74) is 0.614. The predicted molar refractivity (Wildman–Crippen MR) is 116 cm³/mol. The number of aromatic nitrogens is 4. The summed E-state index contributed by atoms with van der Waals surface area (Å²) in [5.74, 6) is -0.930. The van der Waals surface area contributed by atoms with Gasteiger partial charge in [0, 0.05) is 36.6 Å². The molecule has 3 aromatic heterocycles. The molecule has 1 aliphatic rings. The lowest BCUT2D eigenvalue weighted by Gasteiger charge is -2.15. The first-order valence-corrected chi connectivity index (χ1v) is 10.5. The number of hydrogen-bond donors (Lipinski definition) is 1. The molecule has 1 aliphatic heterocycles. The van der Waals surface area contributed by atoms with Crippen molar-refractivity contribution >= 4 is 33.1 Å². The van der Waals surface area contributed by atoms with Crippen LogP contribution in [0.4, 0.5) is 17.6 Å². The number of H-pyrrole nitrogens is 1. The summed E-state index contributed by atoms with van der Waals surface area (Å²) in [7, 11) is 0. The Labute approximate surface area is 192 Å². The van der Waals surface area contributed by atoms with E-state index < -0.39 is 23.5 Å². The van der Waals surface area contributed by atoms with Crippen LogP contribution in [0.3, 0.4) is 0 Å². The van der Waals surface area contributed by atoms with Crippen LogP contribution in [-0.4, -0.2) is 43.5 Å². The number of benzene rings is 1. The van der Waals surface area contributed by atoms with Gasteiger partial charge in [0.15, 0.2) is 11.3 Å². The third-order valence-electron chi connectivity index (χ3n) is 5.40. The van der Waals surface area contributed by atoms with E-state index in [9.17, 15) is 22.4 Å². The van der Waals surface area contributed by atoms with Crippen LogP contribution in [0.2, 0.25) is 0 Å². The van der Waals surface area contributed by atoms with Crippen molar-refractivity contribution in [2.45, 2.75) is 6.18 Å². The summed E-state index contributed by atoms with van der Waals surface area (Å²) >= 11 is 3.26. The van der Waals surface area contributed by atoms with Crippen LogP contribution >= 0.6 is 15.9 Å². The highest BCUT2D eigenvalue weighted by molar-refractivity contribution is 9.10. The monoisotopic (exact) mass is 519 g/mol. The van der Waals surface area contributed by atoms with E-state index in [1.807, 2.05) is 0 Å². The number of aromatic amines is 1. The second-order valence-corrected chi connectivity index (χ2v) is 8.25. The quantitative estimate of drug-likeness (QED) is 0.379. The van der Waals surface area contributed by atoms with E-state index in [4.69, 9.17) is 0 Å².